The SMILES string of the molecule is [Ag+].[N-]=[N+]=[C-]P(=O)(c1ccccc1)c1ccccc1. The molecule has 0 amide bonds. The van der Waals surface area contributed by atoms with Gasteiger partial charge in [0.25, 0.3) is 0 Å². The van der Waals surface area contributed by atoms with Gasteiger partial charge in [0.1, 0.15) is 0 Å². The van der Waals surface area contributed by atoms with Crippen molar-refractivity contribution in [3.05, 3.63) is 66.2 Å². The Morgan fingerprint density at radius 2 is 1.28 bits per heavy atom. The Bertz CT molecular complexity index is 551. The van der Waals surface area contributed by atoms with Crippen LogP contribution in [-0.4, -0.2) is 10.7 Å². The molecule has 0 aliphatic carbocycles. The maximum Gasteiger partial charge on any atom is 1.00 e. The van der Waals surface area contributed by atoms with Gasteiger partial charge in [-0.3, -0.25) is 0 Å². The first kappa shape index (κ1) is 14.8. The van der Waals surface area contributed by atoms with Crippen molar-refractivity contribution in [2.45, 2.75) is 0 Å². The summed E-state index contributed by atoms with van der Waals surface area (Å²) in [6.45, 7) is 0. The quantitative estimate of drug-likeness (QED) is 0.209. The number of benzene rings is 2. The number of rotatable bonds is 3. The molecule has 0 spiro atoms. The van der Waals surface area contributed by atoms with E-state index in [1.165, 1.54) is 0 Å². The Balaban J connectivity index is 0.00000162. The van der Waals surface area contributed by atoms with Crippen LogP contribution in [0.5, 0.6) is 0 Å². The fourth-order valence-electron chi connectivity index (χ4n) is 1.60. The fourth-order valence-corrected chi connectivity index (χ4v) is 3.44. The molecule has 0 aliphatic rings. The molecule has 2 rings (SSSR count). The molecule has 0 radical (unpaired) electrons. The van der Waals surface area contributed by atoms with E-state index in [1.807, 2.05) is 12.1 Å². The molecule has 0 unspecified atom stereocenters. The van der Waals surface area contributed by atoms with Gasteiger partial charge in [0, 0.05) is 5.96 Å². The third kappa shape index (κ3) is 2.97. The molecule has 0 fully saturated rings. The van der Waals surface area contributed by atoms with Crippen molar-refractivity contribution in [2.75, 3.05) is 0 Å². The summed E-state index contributed by atoms with van der Waals surface area (Å²) in [6, 6.07) is 17.8. The standard InChI is InChI=1S/C13H10N2OP.Ag/c14-15-11-17(16,12-7-3-1-4-8-12)13-9-5-2-6-10-13;/h1-10H;/q-1;+1. The van der Waals surface area contributed by atoms with Crippen molar-refractivity contribution in [3.63, 3.8) is 0 Å². The molecule has 0 atom stereocenters. The van der Waals surface area contributed by atoms with Crippen LogP contribution in [0.25, 0.3) is 5.53 Å². The van der Waals surface area contributed by atoms with E-state index in [0.29, 0.717) is 10.6 Å². The smallest absolute Gasteiger partial charge is 0.407 e. The van der Waals surface area contributed by atoms with E-state index in [2.05, 4.69) is 10.7 Å². The van der Waals surface area contributed by atoms with Crippen LogP contribution in [-0.2, 0) is 26.9 Å². The van der Waals surface area contributed by atoms with Gasteiger partial charge in [0.15, 0.2) is 0 Å². The third-order valence-electron chi connectivity index (χ3n) is 2.43. The Labute approximate surface area is 121 Å². The molecule has 94 valence electrons. The molecule has 0 N–H and O–H groups in total. The van der Waals surface area contributed by atoms with Crippen LogP contribution in [0.1, 0.15) is 0 Å². The van der Waals surface area contributed by atoms with Crippen molar-refractivity contribution in [2.24, 2.45) is 0 Å². The number of nitrogens with zero attached hydrogens (tertiary/aromatic N) is 2. The summed E-state index contributed by atoms with van der Waals surface area (Å²) in [7, 11) is -3.09. The summed E-state index contributed by atoms with van der Waals surface area (Å²) in [5.74, 6) is 2.33. The minimum atomic E-state index is -3.09. The van der Waals surface area contributed by atoms with Gasteiger partial charge in [0.05, 0.1) is 7.14 Å². The van der Waals surface area contributed by atoms with Crippen LogP contribution < -0.4 is 10.6 Å². The maximum absolute atomic E-state index is 12.9. The minimum absolute atomic E-state index is 0. The zero-order chi connectivity index (χ0) is 12.1. The van der Waals surface area contributed by atoms with Gasteiger partial charge >= 0.3 is 22.4 Å². The Kier molecular flexibility index (Phi) is 5.49. The van der Waals surface area contributed by atoms with Crippen molar-refractivity contribution >= 4 is 23.7 Å². The molecule has 0 saturated heterocycles. The first-order chi connectivity index (χ1) is 8.27. The second-order valence-corrected chi connectivity index (χ2v) is 5.93. The maximum atomic E-state index is 12.9. The molecule has 0 aromatic heterocycles. The molecule has 0 heterocycles. The van der Waals surface area contributed by atoms with Crippen molar-refractivity contribution in [3.8, 4) is 0 Å². The van der Waals surface area contributed by atoms with Crippen LogP contribution in [0.15, 0.2) is 60.7 Å². The minimum Gasteiger partial charge on any atom is -0.407 e. The normalized spacial score (nSPS) is 10.0. The van der Waals surface area contributed by atoms with Crippen LogP contribution in [0.3, 0.4) is 0 Å². The second kappa shape index (κ2) is 6.65. The molecule has 0 aliphatic heterocycles. The molecule has 2 aromatic rings. The monoisotopic (exact) mass is 348 g/mol. The average Bonchev–Trinajstić information content (AvgIpc) is 2.41. The van der Waals surface area contributed by atoms with Gasteiger partial charge in [0.2, 0.25) is 0 Å². The summed E-state index contributed by atoms with van der Waals surface area (Å²) in [5.41, 5.74) is 8.67. The van der Waals surface area contributed by atoms with Crippen LogP contribution in [0, 0.1) is 0 Å². The van der Waals surface area contributed by atoms with Gasteiger partial charge in [-0.2, -0.15) is 0 Å². The summed E-state index contributed by atoms with van der Waals surface area (Å²) in [5, 5.41) is 1.20. The molecule has 2 aromatic carbocycles. The molecular weight excluding hydrogens is 339 g/mol. The molecule has 18 heavy (non-hydrogen) atoms. The number of hydrogen-bond acceptors (Lipinski definition) is 1. The Morgan fingerprint density at radius 3 is 1.61 bits per heavy atom. The molecular formula is C13H10AgN2OP. The van der Waals surface area contributed by atoms with E-state index >= 15 is 0 Å². The van der Waals surface area contributed by atoms with Crippen molar-refractivity contribution in [1.82, 2.24) is 0 Å². The summed E-state index contributed by atoms with van der Waals surface area (Å²) in [4.78, 5) is 2.85. The van der Waals surface area contributed by atoms with Crippen LogP contribution >= 0.6 is 7.14 Å². The summed E-state index contributed by atoms with van der Waals surface area (Å²) < 4.78 is 12.9. The first-order valence-electron chi connectivity index (χ1n) is 5.10. The van der Waals surface area contributed by atoms with Crippen LogP contribution in [0.4, 0.5) is 0 Å². The molecule has 0 bridgehead atoms. The zero-order valence-electron chi connectivity index (χ0n) is 9.32. The largest absolute Gasteiger partial charge is 1.00 e. The summed E-state index contributed by atoms with van der Waals surface area (Å²) in [6.07, 6.45) is 0. The van der Waals surface area contributed by atoms with E-state index in [0.717, 1.165) is 0 Å². The predicted molar refractivity (Wildman–Crippen MR) is 68.4 cm³/mol. The predicted octanol–water partition coefficient (Wildman–Crippen LogP) is 2.13. The van der Waals surface area contributed by atoms with E-state index < -0.39 is 7.14 Å². The zero-order valence-corrected chi connectivity index (χ0v) is 11.7. The van der Waals surface area contributed by atoms with Gasteiger partial charge in [-0.25, -0.2) is 0 Å². The van der Waals surface area contributed by atoms with Crippen LogP contribution in [0.2, 0.25) is 0 Å². The third-order valence-corrected chi connectivity index (χ3v) is 4.85. The number of hydrogen-bond donors (Lipinski definition) is 0. The molecule has 0 saturated carbocycles. The average molecular weight is 349 g/mol. The van der Waals surface area contributed by atoms with Crippen molar-refractivity contribution < 1.29 is 31.7 Å². The summed E-state index contributed by atoms with van der Waals surface area (Å²) >= 11 is 0. The van der Waals surface area contributed by atoms with Crippen molar-refractivity contribution in [1.29, 1.82) is 0 Å². The topological polar surface area (TPSA) is 53.5 Å². The molecule has 5 heteroatoms. The van der Waals surface area contributed by atoms with Gasteiger partial charge in [-0.15, -0.1) is 0 Å². The van der Waals surface area contributed by atoms with Gasteiger partial charge in [-0.05, 0) is 10.6 Å². The van der Waals surface area contributed by atoms with E-state index in [-0.39, 0.29) is 22.4 Å². The fraction of sp³-hybridized carbons (Fsp3) is 0. The second-order valence-electron chi connectivity index (χ2n) is 3.48. The Hall–Kier alpha value is -1.21. The molecule has 3 nitrogen and oxygen atoms in total. The van der Waals surface area contributed by atoms with E-state index in [1.54, 1.807) is 48.5 Å². The van der Waals surface area contributed by atoms with Gasteiger partial charge < -0.3 is 14.9 Å². The van der Waals surface area contributed by atoms with Gasteiger partial charge in [-0.1, -0.05) is 60.7 Å². The first-order valence-corrected chi connectivity index (χ1v) is 6.81. The Morgan fingerprint density at radius 1 is 0.889 bits per heavy atom. The van der Waals surface area contributed by atoms with E-state index in [9.17, 15) is 4.57 Å². The van der Waals surface area contributed by atoms with E-state index in [4.69, 9.17) is 5.53 Å².